The highest BCUT2D eigenvalue weighted by Gasteiger charge is 2.51. The molecular formula is C18H22BNO2. The lowest BCUT2D eigenvalue weighted by atomic mass is 9.79. The van der Waals surface area contributed by atoms with Gasteiger partial charge in [-0.3, -0.25) is 0 Å². The Morgan fingerprint density at radius 1 is 0.773 bits per heavy atom. The maximum absolute atomic E-state index is 6.11. The third-order valence-corrected chi connectivity index (χ3v) is 4.47. The summed E-state index contributed by atoms with van der Waals surface area (Å²) in [5, 5.41) is 3.40. The Bertz CT molecular complexity index is 639. The predicted octanol–water partition coefficient (Wildman–Crippen LogP) is 3.73. The van der Waals surface area contributed by atoms with Crippen molar-refractivity contribution in [3.8, 4) is 0 Å². The first-order valence-electron chi connectivity index (χ1n) is 7.65. The monoisotopic (exact) mass is 295 g/mol. The van der Waals surface area contributed by atoms with Gasteiger partial charge in [-0.1, -0.05) is 30.3 Å². The third kappa shape index (κ3) is 2.89. The molecule has 0 saturated carbocycles. The van der Waals surface area contributed by atoms with Crippen LogP contribution in [-0.2, 0) is 9.31 Å². The molecule has 0 unspecified atom stereocenters. The van der Waals surface area contributed by atoms with Crippen molar-refractivity contribution >= 4 is 24.0 Å². The van der Waals surface area contributed by atoms with Crippen LogP contribution in [-0.4, -0.2) is 18.3 Å². The zero-order valence-corrected chi connectivity index (χ0v) is 13.6. The Hall–Kier alpha value is -1.78. The van der Waals surface area contributed by atoms with Gasteiger partial charge in [0, 0.05) is 11.4 Å². The molecule has 3 nitrogen and oxygen atoms in total. The standard InChI is InChI=1S/C18H22BNO2/c1-17(2)18(3,4)22-19(21-17)14-9-8-12-16(13-14)20-15-10-6-5-7-11-15/h5-13,20H,1-4H3. The average Bonchev–Trinajstić information content (AvgIpc) is 2.69. The topological polar surface area (TPSA) is 30.5 Å². The van der Waals surface area contributed by atoms with Crippen LogP contribution in [0.2, 0.25) is 0 Å². The normalized spacial score (nSPS) is 19.2. The number of anilines is 2. The molecule has 0 amide bonds. The molecule has 0 aromatic heterocycles. The van der Waals surface area contributed by atoms with Crippen molar-refractivity contribution in [3.63, 3.8) is 0 Å². The molecule has 1 heterocycles. The molecule has 1 saturated heterocycles. The average molecular weight is 295 g/mol. The van der Waals surface area contributed by atoms with Crippen LogP contribution in [0.3, 0.4) is 0 Å². The summed E-state index contributed by atoms with van der Waals surface area (Å²) < 4.78 is 12.2. The summed E-state index contributed by atoms with van der Waals surface area (Å²) in [6, 6.07) is 18.3. The van der Waals surface area contributed by atoms with Crippen LogP contribution >= 0.6 is 0 Å². The Kier molecular flexibility index (Phi) is 3.75. The van der Waals surface area contributed by atoms with Crippen LogP contribution in [0.4, 0.5) is 11.4 Å². The number of hydrogen-bond acceptors (Lipinski definition) is 3. The van der Waals surface area contributed by atoms with Gasteiger partial charge in [-0.15, -0.1) is 0 Å². The maximum atomic E-state index is 6.11. The van der Waals surface area contributed by atoms with E-state index < -0.39 is 0 Å². The number of benzene rings is 2. The number of nitrogens with one attached hydrogen (secondary N) is 1. The van der Waals surface area contributed by atoms with Crippen molar-refractivity contribution in [3.05, 3.63) is 54.6 Å². The van der Waals surface area contributed by atoms with Crippen LogP contribution in [0.5, 0.6) is 0 Å². The first-order chi connectivity index (χ1) is 10.4. The van der Waals surface area contributed by atoms with Crippen molar-refractivity contribution in [2.45, 2.75) is 38.9 Å². The quantitative estimate of drug-likeness (QED) is 0.875. The summed E-state index contributed by atoms with van der Waals surface area (Å²) in [4.78, 5) is 0. The molecule has 2 aromatic carbocycles. The SMILES string of the molecule is CC1(C)OB(c2cccc(Nc3ccccc3)c2)OC1(C)C. The van der Waals surface area contributed by atoms with Crippen LogP contribution in [0.25, 0.3) is 0 Å². The third-order valence-electron chi connectivity index (χ3n) is 4.47. The number of rotatable bonds is 3. The molecule has 0 aliphatic carbocycles. The van der Waals surface area contributed by atoms with E-state index in [4.69, 9.17) is 9.31 Å². The van der Waals surface area contributed by atoms with Crippen LogP contribution < -0.4 is 10.8 Å². The van der Waals surface area contributed by atoms with Gasteiger partial charge in [0.15, 0.2) is 0 Å². The molecule has 1 aliphatic rings. The van der Waals surface area contributed by atoms with Gasteiger partial charge < -0.3 is 14.6 Å². The Morgan fingerprint density at radius 3 is 2.00 bits per heavy atom. The van der Waals surface area contributed by atoms with Gasteiger partial charge in [0.1, 0.15) is 0 Å². The smallest absolute Gasteiger partial charge is 0.399 e. The molecule has 0 atom stereocenters. The van der Waals surface area contributed by atoms with Crippen molar-refractivity contribution < 1.29 is 9.31 Å². The van der Waals surface area contributed by atoms with Gasteiger partial charge in [-0.25, -0.2) is 0 Å². The predicted molar refractivity (Wildman–Crippen MR) is 91.9 cm³/mol. The fourth-order valence-corrected chi connectivity index (χ4v) is 2.43. The summed E-state index contributed by atoms with van der Waals surface area (Å²) in [6.07, 6.45) is 0. The number of para-hydroxylation sites is 1. The van der Waals surface area contributed by atoms with E-state index >= 15 is 0 Å². The summed E-state index contributed by atoms with van der Waals surface area (Å²) >= 11 is 0. The largest absolute Gasteiger partial charge is 0.494 e. The Balaban J connectivity index is 1.81. The summed E-state index contributed by atoms with van der Waals surface area (Å²) in [6.45, 7) is 8.27. The van der Waals surface area contributed by atoms with E-state index in [1.165, 1.54) is 0 Å². The maximum Gasteiger partial charge on any atom is 0.494 e. The fourth-order valence-electron chi connectivity index (χ4n) is 2.43. The fraction of sp³-hybridized carbons (Fsp3) is 0.333. The molecule has 0 radical (unpaired) electrons. The van der Waals surface area contributed by atoms with Gasteiger partial charge in [-0.2, -0.15) is 0 Å². The Morgan fingerprint density at radius 2 is 1.36 bits per heavy atom. The zero-order chi connectivity index (χ0) is 15.8. The highest BCUT2D eigenvalue weighted by atomic mass is 16.7. The van der Waals surface area contributed by atoms with Crippen molar-refractivity contribution in [2.75, 3.05) is 5.32 Å². The molecule has 0 spiro atoms. The van der Waals surface area contributed by atoms with Crippen LogP contribution in [0.15, 0.2) is 54.6 Å². The lowest BCUT2D eigenvalue weighted by Gasteiger charge is -2.32. The highest BCUT2D eigenvalue weighted by Crippen LogP contribution is 2.36. The molecule has 114 valence electrons. The zero-order valence-electron chi connectivity index (χ0n) is 13.6. The second-order valence-corrected chi connectivity index (χ2v) is 6.70. The molecule has 0 bridgehead atoms. The molecule has 1 aliphatic heterocycles. The lowest BCUT2D eigenvalue weighted by Crippen LogP contribution is -2.41. The van der Waals surface area contributed by atoms with Crippen molar-refractivity contribution in [2.24, 2.45) is 0 Å². The summed E-state index contributed by atoms with van der Waals surface area (Å²) in [5.74, 6) is 0. The lowest BCUT2D eigenvalue weighted by molar-refractivity contribution is 0.00578. The summed E-state index contributed by atoms with van der Waals surface area (Å²) in [7, 11) is -0.331. The highest BCUT2D eigenvalue weighted by molar-refractivity contribution is 6.62. The minimum Gasteiger partial charge on any atom is -0.399 e. The molecule has 22 heavy (non-hydrogen) atoms. The first kappa shape index (κ1) is 15.1. The van der Waals surface area contributed by atoms with E-state index in [9.17, 15) is 0 Å². The molecule has 2 aromatic rings. The van der Waals surface area contributed by atoms with E-state index in [1.807, 2.05) is 48.5 Å². The van der Waals surface area contributed by atoms with E-state index in [2.05, 4.69) is 39.1 Å². The minimum atomic E-state index is -0.331. The minimum absolute atomic E-state index is 0.319. The van der Waals surface area contributed by atoms with E-state index in [-0.39, 0.29) is 18.3 Å². The first-order valence-corrected chi connectivity index (χ1v) is 7.65. The molecule has 1 N–H and O–H groups in total. The van der Waals surface area contributed by atoms with Gasteiger partial charge in [0.05, 0.1) is 11.2 Å². The number of hydrogen-bond donors (Lipinski definition) is 1. The van der Waals surface area contributed by atoms with Gasteiger partial charge in [0.2, 0.25) is 0 Å². The van der Waals surface area contributed by atoms with Gasteiger partial charge in [0.25, 0.3) is 0 Å². The van der Waals surface area contributed by atoms with Gasteiger partial charge in [-0.05, 0) is 57.4 Å². The van der Waals surface area contributed by atoms with Crippen LogP contribution in [0.1, 0.15) is 27.7 Å². The summed E-state index contributed by atoms with van der Waals surface area (Å²) in [5.41, 5.74) is 2.48. The van der Waals surface area contributed by atoms with E-state index in [0.717, 1.165) is 16.8 Å². The second kappa shape index (κ2) is 5.45. The van der Waals surface area contributed by atoms with Gasteiger partial charge >= 0.3 is 7.12 Å². The van der Waals surface area contributed by atoms with Crippen molar-refractivity contribution in [1.29, 1.82) is 0 Å². The molecular weight excluding hydrogens is 273 g/mol. The van der Waals surface area contributed by atoms with Crippen molar-refractivity contribution in [1.82, 2.24) is 0 Å². The molecule has 1 fully saturated rings. The molecule has 3 rings (SSSR count). The van der Waals surface area contributed by atoms with E-state index in [1.54, 1.807) is 0 Å². The Labute approximate surface area is 132 Å². The second-order valence-electron chi connectivity index (χ2n) is 6.70. The molecule has 4 heteroatoms. The van der Waals surface area contributed by atoms with E-state index in [0.29, 0.717) is 0 Å². The van der Waals surface area contributed by atoms with Crippen LogP contribution in [0, 0.1) is 0 Å².